The minimum atomic E-state index is -4.56. The lowest BCUT2D eigenvalue weighted by Gasteiger charge is -2.51. The van der Waals surface area contributed by atoms with E-state index in [0.717, 1.165) is 68.5 Å². The lowest BCUT2D eigenvalue weighted by molar-refractivity contribution is -0.370. The molecule has 1 spiro atoms. The first-order valence-electron chi connectivity index (χ1n) is 41.7. The Labute approximate surface area is 702 Å². The SMILES string of the molecule is CC1(C)[C@H]2CC[C@]1(C)[C@]1(C2)O[C@@H]2[C@H](OCc3ccccc3)[C@@H](OCc3ccccc3)[C@H](OCc3ccccc3)[C@@H](O[C@H]3O[C@H](COCc4ccccc4)[C@@H](O[C@H]4O[C@H](COP(=O)(OCc5ccccc5)OCc5ccccc5)[C@@H](OCc5ccccc5)[C@H](OCc5ccccc5)[C@@H]4OCc4ccccc4)[C@H](OCc4ccccc4)[C@H]3N=[N+]=[N-])[C@@H]2O1. The minimum Gasteiger partial charge on any atom is -0.374 e. The highest BCUT2D eigenvalue weighted by Crippen LogP contribution is 2.73. The Morgan fingerprint density at radius 2 is 0.675 bits per heavy atom. The van der Waals surface area contributed by atoms with Crippen molar-refractivity contribution < 1.29 is 84.5 Å². The molecule has 0 unspecified atom stereocenters. The van der Waals surface area contributed by atoms with Crippen LogP contribution in [0.2, 0.25) is 0 Å². The van der Waals surface area contributed by atoms with E-state index in [4.69, 9.17) is 85.0 Å². The summed E-state index contributed by atoms with van der Waals surface area (Å²) in [6, 6.07) is 96.2. The van der Waals surface area contributed by atoms with Crippen LogP contribution in [0.5, 0.6) is 0 Å². The van der Waals surface area contributed by atoms with Crippen molar-refractivity contribution in [2.24, 2.45) is 21.9 Å². The van der Waals surface area contributed by atoms with Gasteiger partial charge in [0.2, 0.25) is 0 Å². The molecule has 16 rings (SSSR count). The second-order valence-electron chi connectivity index (χ2n) is 32.5. The van der Waals surface area contributed by atoms with Crippen LogP contribution in [0.3, 0.4) is 0 Å². The topological polar surface area (TPSA) is 223 Å². The van der Waals surface area contributed by atoms with Gasteiger partial charge in [-0.2, -0.15) is 0 Å². The van der Waals surface area contributed by atoms with Crippen molar-refractivity contribution >= 4 is 7.82 Å². The second kappa shape index (κ2) is 40.4. The van der Waals surface area contributed by atoms with Gasteiger partial charge in [-0.15, -0.1) is 0 Å². The zero-order chi connectivity index (χ0) is 82.0. The van der Waals surface area contributed by atoms with Crippen LogP contribution in [0.1, 0.15) is 95.7 Å². The molecule has 0 radical (unpaired) electrons. The van der Waals surface area contributed by atoms with Crippen LogP contribution in [0.25, 0.3) is 10.4 Å². The standard InChI is InChI=1S/C98H106N3O18P/c1-96(2)79-54-55-97(96,3)98(56-79)118-91-89(109-63-75-46-26-10-27-47-75)87(107-61-73-42-22-8-23-43-73)88(108-62-74-44-24-9-25-45-74)90(92(91)119-98)117-94-82(100-101-99)85(105-59-71-38-18-6-19-39-71)84(80(114-94)67-103-57-69-34-14-4-15-35-69)116-95-93(110-64-76-48-28-11-29-49-76)86(106-60-72-40-20-7-21-41-72)83(104-58-70-36-16-5-17-37-70)81(115-95)68-113-120(102,111-65-77-50-30-12-31-51-77)112-66-78-52-32-13-33-53-78/h4-53,79-95H,54-68H2,1-3H3/t79-,80+,81+,82+,83+,84+,85+,86-,87-,88-,89+,90+,91+,92-,93-,94+,95+,97-,98+/m0/s1. The first kappa shape index (κ1) is 84.7. The summed E-state index contributed by atoms with van der Waals surface area (Å²) in [7, 11) is -4.56. The van der Waals surface area contributed by atoms with E-state index in [1.807, 2.05) is 303 Å². The van der Waals surface area contributed by atoms with Crippen LogP contribution in [-0.2, 0) is 151 Å². The van der Waals surface area contributed by atoms with Crippen molar-refractivity contribution in [1.29, 1.82) is 0 Å². The lowest BCUT2D eigenvalue weighted by atomic mass is 9.68. The van der Waals surface area contributed by atoms with E-state index in [2.05, 4.69) is 25.7 Å². The molecule has 3 aliphatic heterocycles. The molecule has 3 aliphatic carbocycles. The molecule has 10 aromatic rings. The van der Waals surface area contributed by atoms with Crippen LogP contribution in [-0.4, -0.2) is 117 Å². The summed E-state index contributed by atoms with van der Waals surface area (Å²) < 4.78 is 140. The van der Waals surface area contributed by atoms with Gasteiger partial charge in [0.25, 0.3) is 0 Å². The zero-order valence-corrected chi connectivity index (χ0v) is 68.8. The third-order valence-corrected chi connectivity index (χ3v) is 26.0. The third kappa shape index (κ3) is 20.4. The van der Waals surface area contributed by atoms with Crippen molar-refractivity contribution in [2.75, 3.05) is 13.2 Å². The summed E-state index contributed by atoms with van der Waals surface area (Å²) in [6.45, 7) is 6.87. The van der Waals surface area contributed by atoms with Crippen LogP contribution >= 0.6 is 7.82 Å². The average Bonchev–Trinajstić information content (AvgIpc) is 1.51. The van der Waals surface area contributed by atoms with Gasteiger partial charge in [0.05, 0.1) is 79.3 Å². The summed E-state index contributed by atoms with van der Waals surface area (Å²) in [5.74, 6) is -0.850. The number of fused-ring (bicyclic) bond motifs is 4. The zero-order valence-electron chi connectivity index (χ0n) is 67.9. The van der Waals surface area contributed by atoms with E-state index in [1.165, 1.54) is 0 Å². The summed E-state index contributed by atoms with van der Waals surface area (Å²) in [5.41, 5.74) is 19.2. The fraction of sp³-hybridized carbons (Fsp3) is 0.388. The smallest absolute Gasteiger partial charge is 0.374 e. The van der Waals surface area contributed by atoms with E-state index in [1.54, 1.807) is 0 Å². The van der Waals surface area contributed by atoms with E-state index >= 15 is 4.57 Å². The van der Waals surface area contributed by atoms with Crippen LogP contribution in [0.15, 0.2) is 308 Å². The molecule has 6 fully saturated rings. The van der Waals surface area contributed by atoms with Gasteiger partial charge >= 0.3 is 7.82 Å². The summed E-state index contributed by atoms with van der Waals surface area (Å²) >= 11 is 0. The van der Waals surface area contributed by atoms with Crippen molar-refractivity contribution in [3.8, 4) is 0 Å². The van der Waals surface area contributed by atoms with E-state index in [-0.39, 0.29) is 84.0 Å². The largest absolute Gasteiger partial charge is 0.475 e. The van der Waals surface area contributed by atoms with Gasteiger partial charge in [-0.05, 0) is 85.3 Å². The molecule has 3 saturated heterocycles. The van der Waals surface area contributed by atoms with E-state index < -0.39 is 124 Å². The number of hydrogen-bond donors (Lipinski definition) is 0. The van der Waals surface area contributed by atoms with Crippen molar-refractivity contribution in [3.05, 3.63) is 369 Å². The number of ether oxygens (including phenoxy) is 14. The van der Waals surface area contributed by atoms with Crippen LogP contribution in [0, 0.1) is 16.7 Å². The van der Waals surface area contributed by atoms with Crippen LogP contribution in [0.4, 0.5) is 0 Å². The normalized spacial score (nSPS) is 28.6. The van der Waals surface area contributed by atoms with Crippen molar-refractivity contribution in [3.63, 3.8) is 0 Å². The first-order valence-corrected chi connectivity index (χ1v) is 43.2. The number of hydrogen-bond acceptors (Lipinski definition) is 19. The molecule has 10 aromatic carbocycles. The Morgan fingerprint density at radius 1 is 0.358 bits per heavy atom. The first-order chi connectivity index (χ1) is 58.9. The quantitative estimate of drug-likeness (QED) is 0.0151. The molecule has 0 aromatic heterocycles. The lowest BCUT2D eigenvalue weighted by Crippen LogP contribution is -2.68. The molecule has 19 atom stereocenters. The Kier molecular flexibility index (Phi) is 28.5. The van der Waals surface area contributed by atoms with Gasteiger partial charge in [-0.25, -0.2) is 4.57 Å². The Hall–Kier alpha value is -8.94. The number of azide groups is 1. The highest BCUT2D eigenvalue weighted by atomic mass is 31.2. The predicted molar refractivity (Wildman–Crippen MR) is 449 cm³/mol. The number of benzene rings is 10. The Bertz CT molecular complexity index is 4810. The van der Waals surface area contributed by atoms with E-state index in [9.17, 15) is 5.53 Å². The minimum absolute atomic E-state index is 0.0235. The van der Waals surface area contributed by atoms with Gasteiger partial charge in [-0.1, -0.05) is 329 Å². The Morgan fingerprint density at radius 3 is 1.06 bits per heavy atom. The summed E-state index contributed by atoms with van der Waals surface area (Å²) in [6.07, 6.45) is -14.5. The molecular weight excluding hydrogens is 1540 g/mol. The molecule has 6 aliphatic rings. The maximum atomic E-state index is 15.7. The molecule has 0 N–H and O–H groups in total. The highest BCUT2D eigenvalue weighted by molar-refractivity contribution is 7.48. The van der Waals surface area contributed by atoms with Gasteiger partial charge in [0.1, 0.15) is 85.4 Å². The number of phosphoric acid groups is 1. The van der Waals surface area contributed by atoms with Crippen molar-refractivity contribution in [2.45, 2.75) is 210 Å². The summed E-state index contributed by atoms with van der Waals surface area (Å²) in [5, 5.41) is 4.75. The monoisotopic (exact) mass is 1640 g/mol. The maximum Gasteiger partial charge on any atom is 0.475 e. The molecule has 626 valence electrons. The molecule has 21 nitrogen and oxygen atoms in total. The highest BCUT2D eigenvalue weighted by Gasteiger charge is 2.76. The maximum absolute atomic E-state index is 15.7. The molecule has 2 bridgehead atoms. The predicted octanol–water partition coefficient (Wildman–Crippen LogP) is 19.1. The second-order valence-corrected chi connectivity index (χ2v) is 34.2. The third-order valence-electron chi connectivity index (χ3n) is 24.6. The number of nitrogens with zero attached hydrogens (tertiary/aromatic N) is 3. The van der Waals surface area contributed by atoms with Gasteiger partial charge in [0.15, 0.2) is 18.4 Å². The summed E-state index contributed by atoms with van der Waals surface area (Å²) in [4.78, 5) is 3.66. The van der Waals surface area contributed by atoms with Gasteiger partial charge < -0.3 is 66.3 Å². The van der Waals surface area contributed by atoms with Crippen molar-refractivity contribution in [1.82, 2.24) is 0 Å². The Balaban J connectivity index is 0.825. The fourth-order valence-electron chi connectivity index (χ4n) is 17.8. The molecule has 3 saturated carbocycles. The van der Waals surface area contributed by atoms with Gasteiger partial charge in [0, 0.05) is 16.7 Å². The number of phosphoric ester groups is 1. The molecule has 0 amide bonds. The fourth-order valence-corrected chi connectivity index (χ4v) is 18.9. The molecule has 120 heavy (non-hydrogen) atoms. The van der Waals surface area contributed by atoms with Gasteiger partial charge in [-0.3, -0.25) is 13.6 Å². The molecule has 22 heteroatoms. The average molecular weight is 1640 g/mol. The number of rotatable bonds is 39. The molecule has 3 heterocycles. The molecular formula is C98H106N3O18P. The van der Waals surface area contributed by atoms with E-state index in [0.29, 0.717) is 6.42 Å². The van der Waals surface area contributed by atoms with Crippen LogP contribution < -0.4 is 0 Å².